The van der Waals surface area contributed by atoms with Crippen molar-refractivity contribution >= 4 is 18.2 Å². The van der Waals surface area contributed by atoms with Crippen LogP contribution in [0.15, 0.2) is 0 Å². The van der Waals surface area contributed by atoms with Gasteiger partial charge in [-0.05, 0) is 0 Å². The van der Waals surface area contributed by atoms with Gasteiger partial charge in [0.15, 0.2) is 6.10 Å². The molecule has 0 aromatic carbocycles. The third-order valence-electron chi connectivity index (χ3n) is 1.81. The molecule has 0 heterocycles. The maximum absolute atomic E-state index is 10.6. The number of carboxylic acid groups (broad SMARTS) is 1. The third-order valence-corrected chi connectivity index (χ3v) is 1.81. The Hall–Kier alpha value is -1.51. The molecule has 0 spiro atoms. The Balaban J connectivity index is 4.60. The lowest BCUT2D eigenvalue weighted by atomic mass is 10.0. The summed E-state index contributed by atoms with van der Waals surface area (Å²) in [7, 11) is 0. The normalized spacial score (nSPS) is 18.0. The van der Waals surface area contributed by atoms with Crippen molar-refractivity contribution in [3.8, 4) is 0 Å². The minimum Gasteiger partial charge on any atom is -0.479 e. The van der Waals surface area contributed by atoms with Crippen LogP contribution in [0.1, 0.15) is 6.92 Å². The van der Waals surface area contributed by atoms with Crippen molar-refractivity contribution in [1.29, 1.82) is 0 Å². The molecule has 16 heavy (non-hydrogen) atoms. The number of carbonyl (C=O) groups is 3. The van der Waals surface area contributed by atoms with E-state index in [4.69, 9.17) is 10.2 Å². The summed E-state index contributed by atoms with van der Waals surface area (Å²) in [5.41, 5.74) is 0. The van der Waals surface area contributed by atoms with E-state index >= 15 is 0 Å². The molecule has 5 N–H and O–H groups in total. The van der Waals surface area contributed by atoms with E-state index in [2.05, 4.69) is 0 Å². The van der Waals surface area contributed by atoms with Gasteiger partial charge in [-0.15, -0.1) is 0 Å². The molecule has 0 saturated carbocycles. The lowest BCUT2D eigenvalue weighted by molar-refractivity contribution is -0.159. The number of nitrogens with one attached hydrogen (secondary N) is 1. The first kappa shape index (κ1) is 14.5. The molecule has 0 rings (SSSR count). The van der Waals surface area contributed by atoms with E-state index in [1.807, 2.05) is 5.32 Å². The summed E-state index contributed by atoms with van der Waals surface area (Å²) in [5.74, 6) is -2.40. The van der Waals surface area contributed by atoms with Crippen molar-refractivity contribution in [2.75, 3.05) is 0 Å². The SMILES string of the molecule is CC(=O)N[C@@H](C=O)[C@@H](O)[C@H](O)[C@H](O)C(=O)O. The molecule has 8 heteroatoms. The Morgan fingerprint density at radius 3 is 2.00 bits per heavy atom. The van der Waals surface area contributed by atoms with Crippen molar-refractivity contribution in [2.24, 2.45) is 0 Å². The number of rotatable bonds is 6. The molecule has 8 nitrogen and oxygen atoms in total. The minimum absolute atomic E-state index is 0.129. The summed E-state index contributed by atoms with van der Waals surface area (Å²) < 4.78 is 0. The van der Waals surface area contributed by atoms with Gasteiger partial charge >= 0.3 is 5.97 Å². The highest BCUT2D eigenvalue weighted by Gasteiger charge is 2.35. The van der Waals surface area contributed by atoms with Crippen molar-refractivity contribution in [3.05, 3.63) is 0 Å². The molecule has 0 bridgehead atoms. The Labute approximate surface area is 90.5 Å². The van der Waals surface area contributed by atoms with Gasteiger partial charge in [-0.2, -0.15) is 0 Å². The molecule has 0 aliphatic carbocycles. The average Bonchev–Trinajstić information content (AvgIpc) is 2.22. The number of hydrogen-bond acceptors (Lipinski definition) is 6. The molecule has 0 unspecified atom stereocenters. The molecule has 0 aromatic heterocycles. The number of amides is 1. The van der Waals surface area contributed by atoms with Crippen LogP contribution in [-0.2, 0) is 14.4 Å². The van der Waals surface area contributed by atoms with Gasteiger partial charge < -0.3 is 30.5 Å². The van der Waals surface area contributed by atoms with Crippen molar-refractivity contribution in [2.45, 2.75) is 31.3 Å². The second-order valence-electron chi connectivity index (χ2n) is 3.13. The van der Waals surface area contributed by atoms with Gasteiger partial charge in [-0.3, -0.25) is 4.79 Å². The summed E-state index contributed by atoms with van der Waals surface area (Å²) in [6.07, 6.45) is -6.11. The number of carbonyl (C=O) groups excluding carboxylic acids is 2. The summed E-state index contributed by atoms with van der Waals surface area (Å²) in [6.45, 7) is 1.07. The van der Waals surface area contributed by atoms with Crippen LogP contribution in [-0.4, -0.2) is 62.9 Å². The second-order valence-corrected chi connectivity index (χ2v) is 3.13. The zero-order chi connectivity index (χ0) is 12.9. The van der Waals surface area contributed by atoms with Crippen LogP contribution >= 0.6 is 0 Å². The van der Waals surface area contributed by atoms with Gasteiger partial charge in [0.1, 0.15) is 24.5 Å². The predicted molar refractivity (Wildman–Crippen MR) is 49.3 cm³/mol. The van der Waals surface area contributed by atoms with E-state index in [9.17, 15) is 24.6 Å². The number of aliphatic hydroxyl groups is 3. The fourth-order valence-electron chi connectivity index (χ4n) is 0.980. The molecular weight excluding hydrogens is 222 g/mol. The Bertz CT molecular complexity index is 280. The van der Waals surface area contributed by atoms with Gasteiger partial charge in [-0.25, -0.2) is 4.79 Å². The van der Waals surface area contributed by atoms with E-state index in [0.29, 0.717) is 0 Å². The topological polar surface area (TPSA) is 144 Å². The summed E-state index contributed by atoms with van der Waals surface area (Å²) in [5, 5.41) is 37.7. The smallest absolute Gasteiger partial charge is 0.335 e. The zero-order valence-electron chi connectivity index (χ0n) is 8.40. The van der Waals surface area contributed by atoms with Crippen LogP contribution in [0.25, 0.3) is 0 Å². The van der Waals surface area contributed by atoms with Gasteiger partial charge in [0, 0.05) is 6.92 Å². The number of aldehydes is 1. The standard InChI is InChI=1S/C8H13NO7/c1-3(11)9-4(2-10)5(12)6(13)7(14)8(15)16/h2,4-7,12-14H,1H3,(H,9,11)(H,15,16)/t4-,5+,6-,7-/m0/s1. The van der Waals surface area contributed by atoms with Crippen LogP contribution in [0, 0.1) is 0 Å². The third kappa shape index (κ3) is 3.93. The molecule has 0 radical (unpaired) electrons. The lowest BCUT2D eigenvalue weighted by Gasteiger charge is -2.24. The number of hydrogen-bond donors (Lipinski definition) is 5. The molecule has 92 valence electrons. The van der Waals surface area contributed by atoms with E-state index < -0.39 is 36.2 Å². The fraction of sp³-hybridized carbons (Fsp3) is 0.625. The van der Waals surface area contributed by atoms with Crippen LogP contribution in [0.4, 0.5) is 0 Å². The Morgan fingerprint density at radius 2 is 1.69 bits per heavy atom. The zero-order valence-corrected chi connectivity index (χ0v) is 8.40. The van der Waals surface area contributed by atoms with Crippen LogP contribution in [0.2, 0.25) is 0 Å². The molecule has 4 atom stereocenters. The largest absolute Gasteiger partial charge is 0.479 e. The number of carboxylic acids is 1. The second kappa shape index (κ2) is 6.16. The molecule has 0 fully saturated rings. The van der Waals surface area contributed by atoms with Gasteiger partial charge in [0.05, 0.1) is 0 Å². The monoisotopic (exact) mass is 235 g/mol. The van der Waals surface area contributed by atoms with E-state index in [1.54, 1.807) is 0 Å². The summed E-state index contributed by atoms with van der Waals surface area (Å²) in [4.78, 5) is 31.3. The van der Waals surface area contributed by atoms with Gasteiger partial charge in [-0.1, -0.05) is 0 Å². The van der Waals surface area contributed by atoms with Crippen LogP contribution < -0.4 is 5.32 Å². The first-order valence-corrected chi connectivity index (χ1v) is 4.30. The molecule has 0 saturated heterocycles. The fourth-order valence-corrected chi connectivity index (χ4v) is 0.980. The molecular formula is C8H13NO7. The highest BCUT2D eigenvalue weighted by molar-refractivity contribution is 5.78. The van der Waals surface area contributed by atoms with E-state index in [1.165, 1.54) is 0 Å². The van der Waals surface area contributed by atoms with Crippen LogP contribution in [0.3, 0.4) is 0 Å². The Morgan fingerprint density at radius 1 is 1.19 bits per heavy atom. The van der Waals surface area contributed by atoms with Crippen molar-refractivity contribution in [3.63, 3.8) is 0 Å². The highest BCUT2D eigenvalue weighted by Crippen LogP contribution is 2.04. The van der Waals surface area contributed by atoms with Gasteiger partial charge in [0.25, 0.3) is 0 Å². The molecule has 0 aliphatic rings. The summed E-state index contributed by atoms with van der Waals surface area (Å²) in [6, 6.07) is -1.48. The quantitative estimate of drug-likeness (QED) is 0.306. The first-order valence-electron chi connectivity index (χ1n) is 4.30. The summed E-state index contributed by atoms with van der Waals surface area (Å²) >= 11 is 0. The minimum atomic E-state index is -2.24. The lowest BCUT2D eigenvalue weighted by Crippen LogP contribution is -2.53. The maximum atomic E-state index is 10.6. The number of aliphatic carboxylic acids is 1. The van der Waals surface area contributed by atoms with E-state index in [-0.39, 0.29) is 6.29 Å². The van der Waals surface area contributed by atoms with Crippen LogP contribution in [0.5, 0.6) is 0 Å². The predicted octanol–water partition coefficient (Wildman–Crippen LogP) is -3.14. The van der Waals surface area contributed by atoms with Gasteiger partial charge in [0.2, 0.25) is 5.91 Å². The maximum Gasteiger partial charge on any atom is 0.335 e. The highest BCUT2D eigenvalue weighted by atomic mass is 16.4. The van der Waals surface area contributed by atoms with Crippen molar-refractivity contribution < 1.29 is 34.8 Å². The molecule has 0 aromatic rings. The average molecular weight is 235 g/mol. The first-order chi connectivity index (χ1) is 7.31. The molecule has 0 aliphatic heterocycles. The Kier molecular flexibility index (Phi) is 5.57. The number of aliphatic hydroxyl groups excluding tert-OH is 3. The van der Waals surface area contributed by atoms with E-state index in [0.717, 1.165) is 6.92 Å². The van der Waals surface area contributed by atoms with Crippen molar-refractivity contribution in [1.82, 2.24) is 5.32 Å². The molecule has 1 amide bonds.